The molecule has 4 aromatic rings. The van der Waals surface area contributed by atoms with E-state index in [-0.39, 0.29) is 12.1 Å². The van der Waals surface area contributed by atoms with E-state index in [4.69, 9.17) is 37.7 Å². The number of hydrogen-bond donors (Lipinski definition) is 0. The van der Waals surface area contributed by atoms with E-state index in [9.17, 15) is 0 Å². The van der Waals surface area contributed by atoms with E-state index in [0.29, 0.717) is 15.8 Å². The lowest BCUT2D eigenvalue weighted by molar-refractivity contribution is 0.394. The highest BCUT2D eigenvalue weighted by Gasteiger charge is 2.41. The molecule has 0 saturated heterocycles. The van der Waals surface area contributed by atoms with Crippen LogP contribution in [0.4, 0.5) is 5.00 Å². The van der Waals surface area contributed by atoms with Crippen LogP contribution in [-0.2, 0) is 0 Å². The molecule has 4 nitrogen and oxygen atoms in total. The summed E-state index contributed by atoms with van der Waals surface area (Å²) < 4.78 is 11.2. The van der Waals surface area contributed by atoms with E-state index in [2.05, 4.69) is 34.5 Å². The van der Waals surface area contributed by atoms with E-state index >= 15 is 0 Å². The lowest BCUT2D eigenvalue weighted by Crippen LogP contribution is -2.31. The third kappa shape index (κ3) is 4.27. The van der Waals surface area contributed by atoms with Crippen molar-refractivity contribution < 1.29 is 9.47 Å². The molecule has 0 aliphatic carbocycles. The molecule has 1 aliphatic rings. The fraction of sp³-hybridized carbons (Fsp3) is 0.148. The van der Waals surface area contributed by atoms with Crippen LogP contribution in [0.1, 0.15) is 28.8 Å². The third-order valence-electron chi connectivity index (χ3n) is 5.88. The predicted molar refractivity (Wildman–Crippen MR) is 141 cm³/mol. The molecule has 5 rings (SSSR count). The monoisotopic (exact) mass is 508 g/mol. The van der Waals surface area contributed by atoms with Crippen LogP contribution in [0.3, 0.4) is 0 Å². The first-order valence-corrected chi connectivity index (χ1v) is 12.4. The number of ether oxygens (including phenoxy) is 2. The molecule has 1 aromatic heterocycles. The number of rotatable bonds is 6. The molecule has 172 valence electrons. The Morgan fingerprint density at radius 3 is 2.09 bits per heavy atom. The summed E-state index contributed by atoms with van der Waals surface area (Å²) in [5.74, 6) is 2.26. The second kappa shape index (κ2) is 9.71. The standard InChI is InChI=1S/C27H22Cl2N2O2S/c1-32-21-13-14-22(23(16-21)33-2)27-30-25(17-5-9-19(28)10-6-17)26(18-7-11-20(29)12-8-18)31(27)24-4-3-15-34-24/h3-16,25-26H,1-2H3. The van der Waals surface area contributed by atoms with Gasteiger partial charge in [0.15, 0.2) is 0 Å². The number of aliphatic imine (C=N–C) groups is 1. The van der Waals surface area contributed by atoms with Crippen molar-refractivity contribution in [3.63, 3.8) is 0 Å². The molecule has 0 bridgehead atoms. The van der Waals surface area contributed by atoms with Gasteiger partial charge < -0.3 is 14.4 Å². The Balaban J connectivity index is 1.72. The van der Waals surface area contributed by atoms with E-state index in [1.165, 1.54) is 0 Å². The van der Waals surface area contributed by atoms with Gasteiger partial charge in [-0.05, 0) is 65.0 Å². The van der Waals surface area contributed by atoms with Crippen LogP contribution in [0.5, 0.6) is 11.5 Å². The zero-order valence-corrected chi connectivity index (χ0v) is 20.9. The van der Waals surface area contributed by atoms with Crippen LogP contribution in [0.25, 0.3) is 0 Å². The van der Waals surface area contributed by atoms with E-state index in [0.717, 1.165) is 33.3 Å². The van der Waals surface area contributed by atoms with Crippen molar-refractivity contribution in [1.29, 1.82) is 0 Å². The van der Waals surface area contributed by atoms with Crippen LogP contribution in [0, 0.1) is 0 Å². The van der Waals surface area contributed by atoms with E-state index < -0.39 is 0 Å². The molecule has 0 fully saturated rings. The molecular formula is C27H22Cl2N2O2S. The largest absolute Gasteiger partial charge is 0.497 e. The fourth-order valence-electron chi connectivity index (χ4n) is 4.28. The normalized spacial score (nSPS) is 17.5. The first kappa shape index (κ1) is 22.8. The molecule has 0 saturated carbocycles. The second-order valence-electron chi connectivity index (χ2n) is 7.83. The van der Waals surface area contributed by atoms with E-state index in [1.807, 2.05) is 54.6 Å². The molecule has 0 radical (unpaired) electrons. The number of thiophene rings is 1. The summed E-state index contributed by atoms with van der Waals surface area (Å²) in [5, 5.41) is 4.56. The van der Waals surface area contributed by atoms with Gasteiger partial charge in [0, 0.05) is 16.1 Å². The number of benzene rings is 3. The summed E-state index contributed by atoms with van der Waals surface area (Å²) in [5.41, 5.74) is 3.09. The zero-order valence-electron chi connectivity index (χ0n) is 18.6. The maximum atomic E-state index is 6.23. The summed E-state index contributed by atoms with van der Waals surface area (Å²) in [6.45, 7) is 0. The molecule has 0 spiro atoms. The summed E-state index contributed by atoms with van der Waals surface area (Å²) in [4.78, 5) is 7.58. The van der Waals surface area contributed by atoms with E-state index in [1.54, 1.807) is 25.6 Å². The molecule has 34 heavy (non-hydrogen) atoms. The predicted octanol–water partition coefficient (Wildman–Crippen LogP) is 7.82. The van der Waals surface area contributed by atoms with Crippen LogP contribution < -0.4 is 14.4 Å². The highest BCUT2D eigenvalue weighted by atomic mass is 35.5. The minimum Gasteiger partial charge on any atom is -0.497 e. The van der Waals surface area contributed by atoms with Crippen molar-refractivity contribution in [2.24, 2.45) is 4.99 Å². The van der Waals surface area contributed by atoms with Gasteiger partial charge in [-0.25, -0.2) is 0 Å². The van der Waals surface area contributed by atoms with Crippen molar-refractivity contribution in [1.82, 2.24) is 0 Å². The molecule has 0 amide bonds. The molecule has 2 unspecified atom stereocenters. The number of methoxy groups -OCH3 is 2. The molecule has 2 heterocycles. The second-order valence-corrected chi connectivity index (χ2v) is 9.63. The summed E-state index contributed by atoms with van der Waals surface area (Å²) in [6, 6.07) is 25.6. The molecule has 7 heteroatoms. The highest BCUT2D eigenvalue weighted by molar-refractivity contribution is 7.14. The SMILES string of the molecule is COc1ccc(C2=NC(c3ccc(Cl)cc3)C(c3ccc(Cl)cc3)N2c2cccs2)c(OC)c1. The van der Waals surface area contributed by atoms with Gasteiger partial charge in [-0.2, -0.15) is 0 Å². The molecule has 0 N–H and O–H groups in total. The Morgan fingerprint density at radius 2 is 1.50 bits per heavy atom. The summed E-state index contributed by atoms with van der Waals surface area (Å²) in [6.07, 6.45) is 0. The Hall–Kier alpha value is -2.99. The summed E-state index contributed by atoms with van der Waals surface area (Å²) in [7, 11) is 3.31. The first-order chi connectivity index (χ1) is 16.6. The smallest absolute Gasteiger partial charge is 0.141 e. The van der Waals surface area contributed by atoms with Gasteiger partial charge in [0.1, 0.15) is 23.4 Å². The average molecular weight is 509 g/mol. The van der Waals surface area contributed by atoms with Gasteiger partial charge in [-0.3, -0.25) is 4.99 Å². The molecule has 1 aliphatic heterocycles. The third-order valence-corrected chi connectivity index (χ3v) is 7.25. The number of anilines is 1. The number of hydrogen-bond acceptors (Lipinski definition) is 5. The van der Waals surface area contributed by atoms with Gasteiger partial charge in [0.2, 0.25) is 0 Å². The van der Waals surface area contributed by atoms with Crippen LogP contribution >= 0.6 is 34.5 Å². The van der Waals surface area contributed by atoms with Gasteiger partial charge in [-0.1, -0.05) is 47.5 Å². The van der Waals surface area contributed by atoms with Gasteiger partial charge >= 0.3 is 0 Å². The number of halogens is 2. The number of amidine groups is 1. The number of nitrogens with zero attached hydrogens (tertiary/aromatic N) is 2. The van der Waals surface area contributed by atoms with Gasteiger partial charge in [-0.15, -0.1) is 11.3 Å². The topological polar surface area (TPSA) is 34.1 Å². The quantitative estimate of drug-likeness (QED) is 0.266. The molecule has 2 atom stereocenters. The Morgan fingerprint density at radius 1 is 0.824 bits per heavy atom. The highest BCUT2D eigenvalue weighted by Crippen LogP contribution is 2.48. The minimum atomic E-state index is -0.164. The fourth-order valence-corrected chi connectivity index (χ4v) is 5.30. The first-order valence-electron chi connectivity index (χ1n) is 10.7. The maximum absolute atomic E-state index is 6.23. The summed E-state index contributed by atoms with van der Waals surface area (Å²) >= 11 is 14.1. The zero-order chi connectivity index (χ0) is 23.7. The molecular weight excluding hydrogens is 487 g/mol. The molecule has 3 aromatic carbocycles. The Kier molecular flexibility index (Phi) is 6.50. The van der Waals surface area contributed by atoms with Crippen molar-refractivity contribution >= 4 is 45.4 Å². The van der Waals surface area contributed by atoms with Gasteiger partial charge in [0.05, 0.1) is 30.8 Å². The van der Waals surface area contributed by atoms with Crippen molar-refractivity contribution in [3.8, 4) is 11.5 Å². The Labute approximate surface area is 213 Å². The van der Waals surface area contributed by atoms with Crippen molar-refractivity contribution in [3.05, 3.63) is 111 Å². The van der Waals surface area contributed by atoms with Crippen LogP contribution in [-0.4, -0.2) is 20.1 Å². The van der Waals surface area contributed by atoms with Crippen molar-refractivity contribution in [2.45, 2.75) is 12.1 Å². The van der Waals surface area contributed by atoms with Gasteiger partial charge in [0.25, 0.3) is 0 Å². The van der Waals surface area contributed by atoms with Crippen LogP contribution in [0.2, 0.25) is 10.0 Å². The maximum Gasteiger partial charge on any atom is 0.141 e. The average Bonchev–Trinajstić information content (AvgIpc) is 3.53. The van der Waals surface area contributed by atoms with Crippen molar-refractivity contribution in [2.75, 3.05) is 19.1 Å². The Bertz CT molecular complexity index is 1310. The van der Waals surface area contributed by atoms with Crippen LogP contribution in [0.15, 0.2) is 89.2 Å². The minimum absolute atomic E-state index is 0.0844. The lowest BCUT2D eigenvalue weighted by Gasteiger charge is -2.30. The lowest BCUT2D eigenvalue weighted by atomic mass is 9.94.